The Labute approximate surface area is 416 Å². The predicted molar refractivity (Wildman–Crippen MR) is 269 cm³/mol. The number of anilines is 3. The van der Waals surface area contributed by atoms with Crippen LogP contribution >= 0.6 is 11.6 Å². The molecule has 71 heavy (non-hydrogen) atoms. The molecule has 376 valence electrons. The molecule has 3 N–H and O–H groups in total. The Hall–Kier alpha value is -6.07. The van der Waals surface area contributed by atoms with Crippen LogP contribution in [0.15, 0.2) is 65.5 Å². The molecule has 20 nitrogen and oxygen atoms in total. The highest BCUT2D eigenvalue weighted by molar-refractivity contribution is 7.92. The van der Waals surface area contributed by atoms with E-state index >= 15 is 0 Å². The maximum atomic E-state index is 14.9. The van der Waals surface area contributed by atoms with Crippen molar-refractivity contribution < 1.29 is 31.2 Å². The van der Waals surface area contributed by atoms with Crippen LogP contribution in [0.5, 0.6) is 0 Å². The molecule has 0 saturated carbocycles. The van der Waals surface area contributed by atoms with Gasteiger partial charge in [0.15, 0.2) is 11.3 Å². The van der Waals surface area contributed by atoms with Gasteiger partial charge >= 0.3 is 0 Å². The lowest BCUT2D eigenvalue weighted by molar-refractivity contribution is 0.0333. The molecule has 23 heteroatoms. The number of ether oxygens (including phenoxy) is 1. The first kappa shape index (κ1) is 48.6. The molecule has 8 heterocycles. The molecule has 0 radical (unpaired) electrons. The molecule has 4 aromatic heterocycles. The minimum Gasteiger partial charge on any atom is -0.379 e. The quantitative estimate of drug-likeness (QED) is 0.144. The van der Waals surface area contributed by atoms with Gasteiger partial charge in [0.05, 0.1) is 77.4 Å². The molecule has 2 amide bonds. The van der Waals surface area contributed by atoms with Crippen molar-refractivity contribution >= 4 is 71.9 Å². The number of aromatic nitrogens is 6. The van der Waals surface area contributed by atoms with Crippen molar-refractivity contribution in [1.29, 1.82) is 0 Å². The number of nitrogens with one attached hydrogen (secondary N) is 3. The SMILES string of the molecule is Cc1nc2cc(C3CCC(C4CCN4c4cc(CN5CCOCC5)n5nc(C6CCCCN6C(=O)c6cc(Cl)ccc6NS(C)(=O)=O)cc5n4)CN3C(=O)c3ccccc3NS(C)(=O)=O)[nH]n2c(=O)c1C. The molecule has 4 aliphatic rings. The highest BCUT2D eigenvalue weighted by Gasteiger charge is 2.43. The molecule has 2 aromatic carbocycles. The number of H-pyrrole nitrogens is 1. The summed E-state index contributed by atoms with van der Waals surface area (Å²) in [5, 5.41) is 8.72. The number of fused-ring (bicyclic) bond motifs is 2. The Balaban J connectivity index is 0.985. The van der Waals surface area contributed by atoms with Crippen LogP contribution in [-0.2, 0) is 31.3 Å². The van der Waals surface area contributed by atoms with E-state index in [1.165, 1.54) is 16.6 Å². The van der Waals surface area contributed by atoms with Crippen LogP contribution in [0.4, 0.5) is 17.2 Å². The third-order valence-electron chi connectivity index (χ3n) is 14.3. The maximum absolute atomic E-state index is 14.9. The molecule has 4 aliphatic heterocycles. The zero-order valence-electron chi connectivity index (χ0n) is 40.0. The number of morpholine rings is 1. The zero-order chi connectivity index (χ0) is 49.9. The average Bonchev–Trinajstić information content (AvgIpc) is 3.95. The minimum atomic E-state index is -3.72. The number of hydrogen-bond donors (Lipinski definition) is 3. The van der Waals surface area contributed by atoms with Gasteiger partial charge in [-0.3, -0.25) is 33.8 Å². The fourth-order valence-corrected chi connectivity index (χ4v) is 12.0. The van der Waals surface area contributed by atoms with Crippen LogP contribution in [0.2, 0.25) is 5.02 Å². The fourth-order valence-electron chi connectivity index (χ4n) is 10.6. The number of aryl methyl sites for hydroxylation is 1. The number of aromatic amines is 1. The summed E-state index contributed by atoms with van der Waals surface area (Å²) in [6, 6.07) is 16.1. The smallest absolute Gasteiger partial charge is 0.275 e. The number of hydrogen-bond acceptors (Lipinski definition) is 13. The van der Waals surface area contributed by atoms with E-state index in [-0.39, 0.29) is 51.8 Å². The Morgan fingerprint density at radius 1 is 0.789 bits per heavy atom. The molecule has 6 aromatic rings. The van der Waals surface area contributed by atoms with Crippen LogP contribution < -0.4 is 19.9 Å². The van der Waals surface area contributed by atoms with Crippen LogP contribution in [0.1, 0.15) is 99.7 Å². The van der Waals surface area contributed by atoms with Crippen molar-refractivity contribution in [3.63, 3.8) is 0 Å². The number of benzene rings is 2. The van der Waals surface area contributed by atoms with E-state index in [9.17, 15) is 31.2 Å². The summed E-state index contributed by atoms with van der Waals surface area (Å²) < 4.78 is 63.6. The Bertz CT molecular complexity index is 3350. The molecule has 4 fully saturated rings. The van der Waals surface area contributed by atoms with Crippen molar-refractivity contribution in [1.82, 2.24) is 43.9 Å². The average molecular weight is 1030 g/mol. The lowest BCUT2D eigenvalue weighted by Gasteiger charge is -2.50. The predicted octanol–water partition coefficient (Wildman–Crippen LogP) is 5.15. The van der Waals surface area contributed by atoms with E-state index in [0.717, 1.165) is 69.3 Å². The third kappa shape index (κ3) is 9.96. The number of amides is 2. The Morgan fingerprint density at radius 2 is 1.52 bits per heavy atom. The lowest BCUT2D eigenvalue weighted by Crippen LogP contribution is -2.57. The standard InChI is InChI=1S/C48H57ClN12O8S2/c1-29-30(2)50-44-25-39(53-61(44)46(29)62)42-15-12-31(27-59(42)47(63)34-9-5-6-10-36(34)54-70(3,65)66)40-16-18-57(40)43-24-33(28-56-19-21-69-22-20-56)60-45(51-43)26-38(52-60)41-11-7-8-17-58(41)48(64)35-23-32(49)13-14-37(35)55-71(4,67)68/h5-6,9-10,13-14,23-26,31,40-42,53-55H,7-8,11-12,15-22,27-28H2,1-4H3. The molecule has 4 unspecified atom stereocenters. The first-order valence-corrected chi connectivity index (χ1v) is 28.1. The number of para-hydroxylation sites is 1. The summed E-state index contributed by atoms with van der Waals surface area (Å²) >= 11 is 6.38. The molecular weight excluding hydrogens is 972 g/mol. The summed E-state index contributed by atoms with van der Waals surface area (Å²) in [6.07, 6.45) is 6.50. The van der Waals surface area contributed by atoms with E-state index < -0.39 is 32.1 Å². The second-order valence-corrected chi connectivity index (χ2v) is 23.2. The number of carbonyl (C=O) groups excluding carboxylic acids is 2. The molecule has 10 rings (SSSR count). The van der Waals surface area contributed by atoms with Gasteiger partial charge in [-0.2, -0.15) is 5.10 Å². The number of sulfonamides is 2. The van der Waals surface area contributed by atoms with Crippen molar-refractivity contribution in [3.05, 3.63) is 116 Å². The van der Waals surface area contributed by atoms with Crippen LogP contribution in [0.3, 0.4) is 0 Å². The van der Waals surface area contributed by atoms with Crippen molar-refractivity contribution in [2.24, 2.45) is 5.92 Å². The number of nitrogens with zero attached hydrogens (tertiary/aromatic N) is 9. The van der Waals surface area contributed by atoms with E-state index in [2.05, 4.69) is 35.4 Å². The molecule has 4 atom stereocenters. The first-order chi connectivity index (χ1) is 33.9. The van der Waals surface area contributed by atoms with Crippen LogP contribution in [0.25, 0.3) is 11.3 Å². The van der Waals surface area contributed by atoms with E-state index in [1.54, 1.807) is 54.0 Å². The topological polar surface area (TPSA) is 229 Å². The molecular formula is C48H57ClN12O8S2. The number of carbonyl (C=O) groups is 2. The zero-order valence-corrected chi connectivity index (χ0v) is 42.4. The molecule has 4 saturated heterocycles. The molecule has 0 aliphatic carbocycles. The van der Waals surface area contributed by atoms with E-state index in [1.807, 2.05) is 16.6 Å². The van der Waals surface area contributed by atoms with Gasteiger partial charge in [-0.25, -0.2) is 35.8 Å². The molecule has 0 bridgehead atoms. The van der Waals surface area contributed by atoms with Crippen molar-refractivity contribution in [2.75, 3.05) is 72.8 Å². The minimum absolute atomic E-state index is 0.000380. The fraction of sp³-hybridized carbons (Fsp3) is 0.458. The lowest BCUT2D eigenvalue weighted by atomic mass is 9.80. The van der Waals surface area contributed by atoms with Crippen molar-refractivity contribution in [2.45, 2.75) is 77.0 Å². The number of piperidine rings is 2. The number of halogens is 1. The van der Waals surface area contributed by atoms with Gasteiger partial charge in [0.25, 0.3) is 17.4 Å². The Morgan fingerprint density at radius 3 is 2.25 bits per heavy atom. The normalized spacial score (nSPS) is 21.4. The third-order valence-corrected chi connectivity index (χ3v) is 15.7. The highest BCUT2D eigenvalue weighted by Crippen LogP contribution is 2.42. The van der Waals surface area contributed by atoms with E-state index in [4.69, 9.17) is 26.4 Å². The van der Waals surface area contributed by atoms with Gasteiger partial charge in [0, 0.05) is 79.8 Å². The monoisotopic (exact) mass is 1030 g/mol. The first-order valence-electron chi connectivity index (χ1n) is 23.9. The van der Waals surface area contributed by atoms with Crippen molar-refractivity contribution in [3.8, 4) is 0 Å². The second kappa shape index (κ2) is 19.2. The summed E-state index contributed by atoms with van der Waals surface area (Å²) in [6.45, 7) is 8.29. The molecule has 0 spiro atoms. The summed E-state index contributed by atoms with van der Waals surface area (Å²) in [4.78, 5) is 60.8. The van der Waals surface area contributed by atoms with Gasteiger partial charge in [0.2, 0.25) is 20.0 Å². The van der Waals surface area contributed by atoms with Crippen LogP contribution in [-0.4, -0.2) is 137 Å². The second-order valence-electron chi connectivity index (χ2n) is 19.2. The summed E-state index contributed by atoms with van der Waals surface area (Å²) in [7, 11) is -7.42. The van der Waals surface area contributed by atoms with Gasteiger partial charge in [-0.05, 0) is 88.6 Å². The van der Waals surface area contributed by atoms with Gasteiger partial charge < -0.3 is 19.4 Å². The summed E-state index contributed by atoms with van der Waals surface area (Å²) in [5.41, 5.74) is 4.91. The highest BCUT2D eigenvalue weighted by atomic mass is 35.5. The van der Waals surface area contributed by atoms with Gasteiger partial charge in [-0.1, -0.05) is 23.7 Å². The largest absolute Gasteiger partial charge is 0.379 e. The summed E-state index contributed by atoms with van der Waals surface area (Å²) in [5.74, 6) is 0.0511. The van der Waals surface area contributed by atoms with Crippen LogP contribution in [0, 0.1) is 19.8 Å². The Kier molecular flexibility index (Phi) is 13.1. The number of likely N-dealkylation sites (tertiary alicyclic amines) is 2. The van der Waals surface area contributed by atoms with Gasteiger partial charge in [-0.15, -0.1) is 0 Å². The maximum Gasteiger partial charge on any atom is 0.275 e. The van der Waals surface area contributed by atoms with E-state index in [0.29, 0.717) is 84.7 Å². The number of rotatable bonds is 12. The van der Waals surface area contributed by atoms with Gasteiger partial charge in [0.1, 0.15) is 5.82 Å².